The number of hydrogen-bond acceptors (Lipinski definition) is 4. The zero-order valence-corrected chi connectivity index (χ0v) is 22.4. The number of hydrogen-bond donors (Lipinski definition) is 1. The maximum Gasteiger partial charge on any atom is 0.261 e. The van der Waals surface area contributed by atoms with E-state index >= 15 is 0 Å². The Morgan fingerprint density at radius 1 is 0.972 bits per heavy atom. The fourth-order valence-electron chi connectivity index (χ4n) is 3.95. The minimum absolute atomic E-state index is 0.0131. The number of sulfonamides is 1. The first-order chi connectivity index (χ1) is 16.8. The van der Waals surface area contributed by atoms with Crippen LogP contribution in [-0.4, -0.2) is 33.3 Å². The third-order valence-corrected chi connectivity index (χ3v) is 7.33. The smallest absolute Gasteiger partial charge is 0.261 e. The standard InChI is InChI=1S/C28H34FN3O3S/c1-20(21-10-8-7-9-11-21)32(27(33)28(2,3)4)19-22-18-24(14-17-26(22)31(5)6)30-36(34,35)25-15-12-23(29)13-16-25/h7-18,20,30H,19H2,1-6H3. The summed E-state index contributed by atoms with van der Waals surface area (Å²) in [6.45, 7) is 7.95. The number of carbonyl (C=O) groups is 1. The zero-order chi connectivity index (χ0) is 26.7. The van der Waals surface area contributed by atoms with Crippen LogP contribution >= 0.6 is 0 Å². The Balaban J connectivity index is 2.01. The summed E-state index contributed by atoms with van der Waals surface area (Å²) in [7, 11) is -0.117. The summed E-state index contributed by atoms with van der Waals surface area (Å²) < 4.78 is 41.6. The van der Waals surface area contributed by atoms with Gasteiger partial charge in [-0.3, -0.25) is 9.52 Å². The SMILES string of the molecule is CC(c1ccccc1)N(Cc1cc(NS(=O)(=O)c2ccc(F)cc2)ccc1N(C)C)C(=O)C(C)(C)C. The molecule has 3 aromatic rings. The van der Waals surface area contributed by atoms with E-state index in [4.69, 9.17) is 0 Å². The van der Waals surface area contributed by atoms with Crippen molar-refractivity contribution in [2.75, 3.05) is 23.7 Å². The fraction of sp³-hybridized carbons (Fsp3) is 0.321. The van der Waals surface area contributed by atoms with E-state index in [-0.39, 0.29) is 23.4 Å². The molecule has 0 aliphatic carbocycles. The molecule has 0 bridgehead atoms. The summed E-state index contributed by atoms with van der Waals surface area (Å²) in [6, 6.07) is 19.5. The summed E-state index contributed by atoms with van der Waals surface area (Å²) in [6.07, 6.45) is 0. The van der Waals surface area contributed by atoms with Crippen LogP contribution in [0.15, 0.2) is 77.7 Å². The van der Waals surface area contributed by atoms with Gasteiger partial charge in [0.15, 0.2) is 0 Å². The molecule has 0 aliphatic rings. The van der Waals surface area contributed by atoms with Gasteiger partial charge in [0.1, 0.15) is 5.82 Å². The van der Waals surface area contributed by atoms with Crippen molar-refractivity contribution < 1.29 is 17.6 Å². The van der Waals surface area contributed by atoms with Crippen molar-refractivity contribution >= 4 is 27.3 Å². The second-order valence-corrected chi connectivity index (χ2v) is 11.7. The molecule has 3 aromatic carbocycles. The second kappa shape index (κ2) is 10.7. The van der Waals surface area contributed by atoms with E-state index in [0.29, 0.717) is 5.69 Å². The quantitative estimate of drug-likeness (QED) is 0.413. The number of carbonyl (C=O) groups excluding carboxylic acids is 1. The third-order valence-electron chi connectivity index (χ3n) is 5.93. The Bertz CT molecular complexity index is 1300. The molecule has 36 heavy (non-hydrogen) atoms. The first kappa shape index (κ1) is 27.2. The van der Waals surface area contributed by atoms with Crippen molar-refractivity contribution in [3.05, 3.63) is 89.7 Å². The largest absolute Gasteiger partial charge is 0.377 e. The molecule has 0 saturated carbocycles. The molecule has 3 rings (SSSR count). The Hall–Kier alpha value is -3.39. The van der Waals surface area contributed by atoms with E-state index in [1.807, 2.05) is 88.0 Å². The lowest BCUT2D eigenvalue weighted by molar-refractivity contribution is -0.142. The molecule has 1 N–H and O–H groups in total. The average molecular weight is 512 g/mol. The summed E-state index contributed by atoms with van der Waals surface area (Å²) in [5.41, 5.74) is 2.42. The maximum absolute atomic E-state index is 13.6. The van der Waals surface area contributed by atoms with Gasteiger partial charge in [-0.25, -0.2) is 12.8 Å². The lowest BCUT2D eigenvalue weighted by Crippen LogP contribution is -2.40. The van der Waals surface area contributed by atoms with E-state index in [2.05, 4.69) is 4.72 Å². The lowest BCUT2D eigenvalue weighted by atomic mass is 9.92. The van der Waals surface area contributed by atoms with Gasteiger partial charge < -0.3 is 9.80 Å². The van der Waals surface area contributed by atoms with Gasteiger partial charge in [0.25, 0.3) is 10.0 Å². The van der Waals surface area contributed by atoms with Crippen molar-refractivity contribution in [1.82, 2.24) is 4.90 Å². The van der Waals surface area contributed by atoms with Crippen LogP contribution in [0.1, 0.15) is 44.9 Å². The highest BCUT2D eigenvalue weighted by Gasteiger charge is 2.31. The number of halogens is 1. The maximum atomic E-state index is 13.6. The molecule has 0 aromatic heterocycles. The van der Waals surface area contributed by atoms with E-state index < -0.39 is 21.3 Å². The molecule has 6 nitrogen and oxygen atoms in total. The normalized spacial score (nSPS) is 12.6. The molecule has 192 valence electrons. The Kier molecular flexibility index (Phi) is 8.09. The van der Waals surface area contributed by atoms with Gasteiger partial charge in [0, 0.05) is 37.4 Å². The van der Waals surface area contributed by atoms with E-state index in [1.165, 1.54) is 12.1 Å². The summed E-state index contributed by atoms with van der Waals surface area (Å²) >= 11 is 0. The molecule has 1 unspecified atom stereocenters. The lowest BCUT2D eigenvalue weighted by Gasteiger charge is -2.35. The molecule has 0 heterocycles. The number of amides is 1. The van der Waals surface area contributed by atoms with Crippen molar-refractivity contribution in [1.29, 1.82) is 0 Å². The van der Waals surface area contributed by atoms with Gasteiger partial charge in [-0.15, -0.1) is 0 Å². The molecule has 0 radical (unpaired) electrons. The highest BCUT2D eigenvalue weighted by atomic mass is 32.2. The van der Waals surface area contributed by atoms with Gasteiger partial charge in [0.05, 0.1) is 10.9 Å². The predicted octanol–water partition coefficient (Wildman–Crippen LogP) is 5.83. The topological polar surface area (TPSA) is 69.7 Å². The highest BCUT2D eigenvalue weighted by Crippen LogP contribution is 2.32. The number of rotatable bonds is 8. The summed E-state index contributed by atoms with van der Waals surface area (Å²) in [5, 5.41) is 0. The highest BCUT2D eigenvalue weighted by molar-refractivity contribution is 7.92. The molecule has 1 atom stereocenters. The minimum Gasteiger partial charge on any atom is -0.377 e. The van der Waals surface area contributed by atoms with Crippen LogP contribution in [0.2, 0.25) is 0 Å². The first-order valence-corrected chi connectivity index (χ1v) is 13.2. The Morgan fingerprint density at radius 3 is 2.14 bits per heavy atom. The minimum atomic E-state index is -3.92. The van der Waals surface area contributed by atoms with Crippen molar-refractivity contribution in [3.8, 4) is 0 Å². The molecular formula is C28H34FN3O3S. The van der Waals surface area contributed by atoms with Crippen LogP contribution in [0.3, 0.4) is 0 Å². The number of nitrogens with zero attached hydrogens (tertiary/aromatic N) is 2. The van der Waals surface area contributed by atoms with Crippen molar-refractivity contribution in [2.24, 2.45) is 5.41 Å². The van der Waals surface area contributed by atoms with Gasteiger partial charge >= 0.3 is 0 Å². The van der Waals surface area contributed by atoms with Crippen LogP contribution in [0.25, 0.3) is 0 Å². The molecule has 0 fully saturated rings. The van der Waals surface area contributed by atoms with Gasteiger partial charge in [-0.2, -0.15) is 0 Å². The van der Waals surface area contributed by atoms with Gasteiger partial charge in [-0.1, -0.05) is 51.1 Å². The van der Waals surface area contributed by atoms with Crippen molar-refractivity contribution in [2.45, 2.75) is 45.2 Å². The molecule has 1 amide bonds. The van der Waals surface area contributed by atoms with Crippen LogP contribution in [0, 0.1) is 11.2 Å². The molecule has 8 heteroatoms. The Labute approximate surface area is 213 Å². The predicted molar refractivity (Wildman–Crippen MR) is 143 cm³/mol. The summed E-state index contributed by atoms with van der Waals surface area (Å²) in [4.78, 5) is 17.3. The van der Waals surface area contributed by atoms with Crippen LogP contribution < -0.4 is 9.62 Å². The molecule has 0 aliphatic heterocycles. The van der Waals surface area contributed by atoms with Crippen LogP contribution in [0.4, 0.5) is 15.8 Å². The van der Waals surface area contributed by atoms with E-state index in [9.17, 15) is 17.6 Å². The molecule has 0 spiro atoms. The Morgan fingerprint density at radius 2 is 1.58 bits per heavy atom. The molecule has 0 saturated heterocycles. The third kappa shape index (κ3) is 6.43. The number of benzene rings is 3. The first-order valence-electron chi connectivity index (χ1n) is 11.7. The van der Waals surface area contributed by atoms with Crippen molar-refractivity contribution in [3.63, 3.8) is 0 Å². The average Bonchev–Trinajstić information content (AvgIpc) is 2.81. The molecular weight excluding hydrogens is 477 g/mol. The zero-order valence-electron chi connectivity index (χ0n) is 21.6. The van der Waals surface area contributed by atoms with Crippen LogP contribution in [-0.2, 0) is 21.4 Å². The number of anilines is 2. The van der Waals surface area contributed by atoms with Gasteiger partial charge in [-0.05, 0) is 60.5 Å². The fourth-order valence-corrected chi connectivity index (χ4v) is 5.00. The van der Waals surface area contributed by atoms with E-state index in [1.54, 1.807) is 12.1 Å². The monoisotopic (exact) mass is 511 g/mol. The van der Waals surface area contributed by atoms with Gasteiger partial charge in [0.2, 0.25) is 5.91 Å². The summed E-state index contributed by atoms with van der Waals surface area (Å²) in [5.74, 6) is -0.524. The second-order valence-electron chi connectivity index (χ2n) is 10.1. The van der Waals surface area contributed by atoms with E-state index in [0.717, 1.165) is 28.9 Å². The van der Waals surface area contributed by atoms with Crippen LogP contribution in [0.5, 0.6) is 0 Å². The number of nitrogens with one attached hydrogen (secondary N) is 1.